The van der Waals surface area contributed by atoms with Crippen molar-refractivity contribution in [3.63, 3.8) is 0 Å². The molecule has 0 saturated carbocycles. The van der Waals surface area contributed by atoms with Crippen LogP contribution in [0.5, 0.6) is 0 Å². The minimum Gasteiger partial charge on any atom is -0.463 e. The topological polar surface area (TPSA) is 154 Å². The number of carbonyl (C=O) groups is 2. The summed E-state index contributed by atoms with van der Waals surface area (Å²) in [4.78, 5) is 23.1. The molecular formula is C44H86O15. The van der Waals surface area contributed by atoms with Crippen LogP contribution in [0.15, 0.2) is 0 Å². The first-order valence-corrected chi connectivity index (χ1v) is 22.9. The fourth-order valence-electron chi connectivity index (χ4n) is 5.37. The highest BCUT2D eigenvalue weighted by Crippen LogP contribution is 2.13. The molecule has 0 radical (unpaired) electrons. The van der Waals surface area contributed by atoms with Gasteiger partial charge in [0.25, 0.3) is 0 Å². The Kier molecular flexibility index (Phi) is 51.3. The van der Waals surface area contributed by atoms with Crippen molar-refractivity contribution in [2.24, 2.45) is 0 Å². The second-order valence-electron chi connectivity index (χ2n) is 13.9. The molecule has 0 unspecified atom stereocenters. The van der Waals surface area contributed by atoms with Crippen molar-refractivity contribution >= 4 is 11.9 Å². The van der Waals surface area contributed by atoms with Gasteiger partial charge in [-0.05, 0) is 12.8 Å². The number of unbranched alkanes of at least 4 members (excludes halogenated alkanes) is 12. The summed E-state index contributed by atoms with van der Waals surface area (Å²) in [6.07, 6.45) is 18.5. The van der Waals surface area contributed by atoms with Gasteiger partial charge in [0.15, 0.2) is 0 Å². The first-order chi connectivity index (χ1) is 29.2. The van der Waals surface area contributed by atoms with Crippen LogP contribution >= 0.6 is 0 Å². The van der Waals surface area contributed by atoms with Crippen molar-refractivity contribution in [1.29, 1.82) is 0 Å². The van der Waals surface area contributed by atoms with E-state index in [1.54, 1.807) is 0 Å². The van der Waals surface area contributed by atoms with E-state index in [0.29, 0.717) is 158 Å². The monoisotopic (exact) mass is 855 g/mol. The maximum atomic E-state index is 11.9. The van der Waals surface area contributed by atoms with Crippen molar-refractivity contribution in [3.8, 4) is 0 Å². The Morgan fingerprint density at radius 1 is 0.237 bits per heavy atom. The van der Waals surface area contributed by atoms with E-state index in [1.165, 1.54) is 70.6 Å². The van der Waals surface area contributed by atoms with Gasteiger partial charge in [-0.15, -0.1) is 0 Å². The van der Waals surface area contributed by atoms with E-state index in [0.717, 1.165) is 19.3 Å². The van der Waals surface area contributed by atoms with Crippen molar-refractivity contribution in [2.45, 2.75) is 117 Å². The third-order valence-electron chi connectivity index (χ3n) is 8.64. The van der Waals surface area contributed by atoms with Gasteiger partial charge < -0.3 is 61.6 Å². The number of hydrogen-bond donors (Lipinski definition) is 0. The summed E-state index contributed by atoms with van der Waals surface area (Å²) in [6, 6.07) is 0. The highest BCUT2D eigenvalue weighted by Gasteiger charge is 2.04. The molecule has 59 heavy (non-hydrogen) atoms. The molecule has 0 fully saturated rings. The molecule has 0 saturated heterocycles. The molecule has 0 aromatic carbocycles. The molecule has 0 aromatic rings. The third kappa shape index (κ3) is 52.6. The molecule has 0 aromatic heterocycles. The van der Waals surface area contributed by atoms with Crippen LogP contribution in [0.3, 0.4) is 0 Å². The summed E-state index contributed by atoms with van der Waals surface area (Å²) >= 11 is 0. The zero-order valence-electron chi connectivity index (χ0n) is 37.4. The molecule has 15 nitrogen and oxygen atoms in total. The molecule has 0 amide bonds. The molecule has 0 rings (SSSR count). The van der Waals surface area contributed by atoms with Crippen LogP contribution in [0.25, 0.3) is 0 Å². The zero-order valence-corrected chi connectivity index (χ0v) is 37.4. The van der Waals surface area contributed by atoms with Crippen LogP contribution in [-0.4, -0.2) is 171 Å². The minimum atomic E-state index is -0.190. The third-order valence-corrected chi connectivity index (χ3v) is 8.64. The summed E-state index contributed by atoms with van der Waals surface area (Å²) in [5.41, 5.74) is 0. The SMILES string of the molecule is CCCCCCCCCCCCCCCC(=O)OCCOCCOCCOCCOCCOCCOCCOCCOCCOCCOCCOCCOC(=O)CCC. The minimum absolute atomic E-state index is 0.135. The lowest BCUT2D eigenvalue weighted by Gasteiger charge is -2.09. The highest BCUT2D eigenvalue weighted by atomic mass is 16.6. The summed E-state index contributed by atoms with van der Waals surface area (Å²) in [5, 5.41) is 0. The first-order valence-electron chi connectivity index (χ1n) is 22.9. The predicted octanol–water partition coefficient (Wildman–Crippen LogP) is 6.54. The van der Waals surface area contributed by atoms with Gasteiger partial charge in [0.05, 0.1) is 145 Å². The molecule has 0 atom stereocenters. The molecular weight excluding hydrogens is 768 g/mol. The van der Waals surface area contributed by atoms with Gasteiger partial charge in [-0.25, -0.2) is 0 Å². The maximum absolute atomic E-state index is 11.9. The fourth-order valence-corrected chi connectivity index (χ4v) is 5.37. The van der Waals surface area contributed by atoms with Gasteiger partial charge >= 0.3 is 11.9 Å². The summed E-state index contributed by atoms with van der Waals surface area (Å²) in [5.74, 6) is -0.326. The van der Waals surface area contributed by atoms with Crippen molar-refractivity contribution in [3.05, 3.63) is 0 Å². The van der Waals surface area contributed by atoms with E-state index >= 15 is 0 Å². The lowest BCUT2D eigenvalue weighted by atomic mass is 10.0. The van der Waals surface area contributed by atoms with E-state index in [-0.39, 0.29) is 25.2 Å². The molecule has 0 heterocycles. The Morgan fingerprint density at radius 3 is 0.678 bits per heavy atom. The van der Waals surface area contributed by atoms with Gasteiger partial charge in [0.2, 0.25) is 0 Å². The molecule has 0 spiro atoms. The summed E-state index contributed by atoms with van der Waals surface area (Å²) < 4.78 is 70.4. The van der Waals surface area contributed by atoms with Crippen LogP contribution in [0.1, 0.15) is 117 Å². The largest absolute Gasteiger partial charge is 0.463 e. The van der Waals surface area contributed by atoms with Gasteiger partial charge in [-0.1, -0.05) is 90.9 Å². The average molecular weight is 855 g/mol. The lowest BCUT2D eigenvalue weighted by Crippen LogP contribution is -2.16. The molecule has 0 aliphatic carbocycles. The second kappa shape index (κ2) is 52.6. The summed E-state index contributed by atoms with van der Waals surface area (Å²) in [6.45, 7) is 15.1. The van der Waals surface area contributed by atoms with Crippen molar-refractivity contribution < 1.29 is 71.2 Å². The van der Waals surface area contributed by atoms with Crippen LogP contribution in [-0.2, 0) is 71.2 Å². The number of carbonyl (C=O) groups excluding carboxylic acids is 2. The Labute approximate surface area is 357 Å². The summed E-state index contributed by atoms with van der Waals surface area (Å²) in [7, 11) is 0. The van der Waals surface area contributed by atoms with Gasteiger partial charge in [0, 0.05) is 12.8 Å². The van der Waals surface area contributed by atoms with E-state index in [1.807, 2.05) is 6.92 Å². The Bertz CT molecular complexity index is 823. The van der Waals surface area contributed by atoms with E-state index in [9.17, 15) is 9.59 Å². The molecule has 0 aliphatic heterocycles. The van der Waals surface area contributed by atoms with E-state index in [4.69, 9.17) is 61.6 Å². The van der Waals surface area contributed by atoms with Gasteiger partial charge in [-0.3, -0.25) is 9.59 Å². The Morgan fingerprint density at radius 2 is 0.441 bits per heavy atom. The number of hydrogen-bond acceptors (Lipinski definition) is 15. The number of esters is 2. The zero-order chi connectivity index (χ0) is 42.6. The highest BCUT2D eigenvalue weighted by molar-refractivity contribution is 5.69. The second-order valence-corrected chi connectivity index (χ2v) is 13.9. The predicted molar refractivity (Wildman–Crippen MR) is 226 cm³/mol. The van der Waals surface area contributed by atoms with E-state index in [2.05, 4.69) is 6.92 Å². The number of ether oxygens (including phenoxy) is 13. The maximum Gasteiger partial charge on any atom is 0.305 e. The molecule has 0 N–H and O–H groups in total. The van der Waals surface area contributed by atoms with Crippen LogP contribution in [0.4, 0.5) is 0 Å². The van der Waals surface area contributed by atoms with Crippen molar-refractivity contribution in [1.82, 2.24) is 0 Å². The van der Waals surface area contributed by atoms with Gasteiger partial charge in [0.1, 0.15) is 13.2 Å². The molecule has 15 heteroatoms. The first kappa shape index (κ1) is 57.5. The van der Waals surface area contributed by atoms with Gasteiger partial charge in [-0.2, -0.15) is 0 Å². The van der Waals surface area contributed by atoms with Crippen molar-refractivity contribution in [2.75, 3.05) is 159 Å². The molecule has 0 aliphatic rings. The lowest BCUT2D eigenvalue weighted by molar-refractivity contribution is -0.146. The normalized spacial score (nSPS) is 11.4. The molecule has 0 bridgehead atoms. The standard InChI is InChI=1S/C44H86O15/c1-3-5-6-7-8-9-10-11-12-13-14-15-16-18-44(46)59-42-40-57-38-36-55-34-32-53-30-28-51-26-24-49-22-20-47-19-21-48-23-25-50-27-29-52-31-33-54-35-37-56-39-41-58-43(45)17-4-2/h3-42H2,1-2H3. The van der Waals surface area contributed by atoms with E-state index < -0.39 is 0 Å². The fraction of sp³-hybridized carbons (Fsp3) is 0.955. The Hall–Kier alpha value is -1.50. The van der Waals surface area contributed by atoms with Crippen LogP contribution in [0, 0.1) is 0 Å². The Balaban J connectivity index is 3.13. The van der Waals surface area contributed by atoms with Crippen LogP contribution in [0.2, 0.25) is 0 Å². The quantitative estimate of drug-likeness (QED) is 0.0481. The molecule has 352 valence electrons. The number of rotatable bonds is 52. The van der Waals surface area contributed by atoms with Crippen LogP contribution < -0.4 is 0 Å². The average Bonchev–Trinajstić information content (AvgIpc) is 3.23. The smallest absolute Gasteiger partial charge is 0.305 e.